The van der Waals surface area contributed by atoms with Gasteiger partial charge >= 0.3 is 6.03 Å². The molecule has 0 bridgehead atoms. The fraction of sp³-hybridized carbons (Fsp3) is 0.179. The molecule has 0 saturated heterocycles. The molecule has 0 spiro atoms. The predicted octanol–water partition coefficient (Wildman–Crippen LogP) is 6.49. The second kappa shape index (κ2) is 8.39. The van der Waals surface area contributed by atoms with Gasteiger partial charge in [0.05, 0.1) is 18.3 Å². The molecular formula is C28H27N3O. The molecule has 1 aromatic heterocycles. The van der Waals surface area contributed by atoms with Crippen molar-refractivity contribution >= 4 is 11.7 Å². The highest BCUT2D eigenvalue weighted by molar-refractivity contribution is 5.90. The molecule has 0 radical (unpaired) electrons. The molecule has 2 heterocycles. The molecular weight excluding hydrogens is 394 g/mol. The monoisotopic (exact) mass is 421 g/mol. The third-order valence-corrected chi connectivity index (χ3v) is 6.20. The molecule has 5 rings (SSSR count). The number of urea groups is 1. The number of benzene rings is 3. The van der Waals surface area contributed by atoms with Gasteiger partial charge in [0.15, 0.2) is 0 Å². The minimum absolute atomic E-state index is 0.107. The summed E-state index contributed by atoms with van der Waals surface area (Å²) in [5.74, 6) is 0. The molecule has 2 amide bonds. The van der Waals surface area contributed by atoms with Gasteiger partial charge in [0.2, 0.25) is 0 Å². The second-order valence-corrected chi connectivity index (χ2v) is 8.36. The van der Waals surface area contributed by atoms with Gasteiger partial charge in [-0.2, -0.15) is 0 Å². The maximum atomic E-state index is 13.7. The van der Waals surface area contributed by atoms with E-state index in [-0.39, 0.29) is 12.1 Å². The van der Waals surface area contributed by atoms with Crippen LogP contribution in [0.25, 0.3) is 5.69 Å². The maximum Gasteiger partial charge on any atom is 0.322 e. The summed E-state index contributed by atoms with van der Waals surface area (Å²) in [4.78, 5) is 15.6. The summed E-state index contributed by atoms with van der Waals surface area (Å²) in [6, 6.07) is 28.8. The third-order valence-electron chi connectivity index (χ3n) is 6.20. The Bertz CT molecular complexity index is 1260. The van der Waals surface area contributed by atoms with E-state index in [1.165, 1.54) is 5.56 Å². The zero-order valence-corrected chi connectivity index (χ0v) is 18.5. The van der Waals surface area contributed by atoms with Crippen LogP contribution >= 0.6 is 0 Å². The van der Waals surface area contributed by atoms with E-state index in [0.717, 1.165) is 40.2 Å². The molecule has 3 aromatic carbocycles. The van der Waals surface area contributed by atoms with Gasteiger partial charge in [0.1, 0.15) is 0 Å². The van der Waals surface area contributed by atoms with Crippen molar-refractivity contribution in [3.63, 3.8) is 0 Å². The first-order valence-corrected chi connectivity index (χ1v) is 11.1. The zero-order chi connectivity index (χ0) is 22.1. The summed E-state index contributed by atoms with van der Waals surface area (Å²) < 4.78 is 2.22. The number of aryl methyl sites for hydroxylation is 2. The van der Waals surface area contributed by atoms with Crippen molar-refractivity contribution < 1.29 is 4.79 Å². The van der Waals surface area contributed by atoms with Crippen LogP contribution in [0, 0.1) is 6.92 Å². The lowest BCUT2D eigenvalue weighted by atomic mass is 10.00. The Morgan fingerprint density at radius 1 is 0.969 bits per heavy atom. The van der Waals surface area contributed by atoms with Crippen LogP contribution in [0.4, 0.5) is 10.5 Å². The van der Waals surface area contributed by atoms with Gasteiger partial charge < -0.3 is 14.8 Å². The lowest BCUT2D eigenvalue weighted by Crippen LogP contribution is -2.37. The van der Waals surface area contributed by atoms with Crippen molar-refractivity contribution in [3.8, 4) is 5.69 Å². The standard InChI is InChI=1S/C28H27N3O/c1-3-21-13-15-22(16-14-21)27-26-12-7-17-30(26)25-11-5-4-9-23(25)19-31(27)28(32)29-24-10-6-8-20(2)18-24/h4-18,27H,3,19H2,1-2H3,(H,29,32). The molecule has 4 heteroatoms. The summed E-state index contributed by atoms with van der Waals surface area (Å²) in [6.07, 6.45) is 3.08. The molecule has 1 aliphatic heterocycles. The lowest BCUT2D eigenvalue weighted by molar-refractivity contribution is 0.194. The van der Waals surface area contributed by atoms with Crippen molar-refractivity contribution in [2.75, 3.05) is 5.32 Å². The van der Waals surface area contributed by atoms with Crippen LogP contribution in [-0.2, 0) is 13.0 Å². The Hall–Kier alpha value is -3.79. The number of carbonyl (C=O) groups excluding carboxylic acids is 1. The Kier molecular flexibility index (Phi) is 5.28. The fourth-order valence-electron chi connectivity index (χ4n) is 4.54. The molecule has 1 atom stereocenters. The van der Waals surface area contributed by atoms with Gasteiger partial charge in [-0.25, -0.2) is 4.79 Å². The number of nitrogens with zero attached hydrogens (tertiary/aromatic N) is 2. The van der Waals surface area contributed by atoms with Crippen molar-refractivity contribution in [2.45, 2.75) is 32.9 Å². The average molecular weight is 422 g/mol. The lowest BCUT2D eigenvalue weighted by Gasteiger charge is -2.31. The third kappa shape index (κ3) is 3.69. The maximum absolute atomic E-state index is 13.7. The van der Waals surface area contributed by atoms with Crippen LogP contribution in [0.15, 0.2) is 91.1 Å². The first-order valence-electron chi connectivity index (χ1n) is 11.1. The predicted molar refractivity (Wildman–Crippen MR) is 129 cm³/mol. The smallest absolute Gasteiger partial charge is 0.318 e. The Morgan fingerprint density at radius 2 is 1.78 bits per heavy atom. The van der Waals surface area contributed by atoms with E-state index < -0.39 is 0 Å². The largest absolute Gasteiger partial charge is 0.322 e. The van der Waals surface area contributed by atoms with E-state index in [1.807, 2.05) is 42.2 Å². The number of hydrogen-bond acceptors (Lipinski definition) is 1. The number of para-hydroxylation sites is 1. The number of rotatable bonds is 3. The average Bonchev–Trinajstić information content (AvgIpc) is 3.23. The number of fused-ring (bicyclic) bond motifs is 3. The van der Waals surface area contributed by atoms with Crippen LogP contribution in [0.1, 0.15) is 40.9 Å². The molecule has 32 heavy (non-hydrogen) atoms. The molecule has 0 aliphatic carbocycles. The SMILES string of the molecule is CCc1ccc(C2c3cccn3-c3ccccc3CN2C(=O)Nc2cccc(C)c2)cc1. The van der Waals surface area contributed by atoms with Gasteiger partial charge in [0.25, 0.3) is 0 Å². The van der Waals surface area contributed by atoms with E-state index >= 15 is 0 Å². The van der Waals surface area contributed by atoms with E-state index in [9.17, 15) is 4.79 Å². The number of carbonyl (C=O) groups is 1. The summed E-state index contributed by atoms with van der Waals surface area (Å²) in [5.41, 5.74) is 7.64. The highest BCUT2D eigenvalue weighted by Crippen LogP contribution is 2.37. The van der Waals surface area contributed by atoms with Gasteiger partial charge in [-0.15, -0.1) is 0 Å². The highest BCUT2D eigenvalue weighted by Gasteiger charge is 2.33. The van der Waals surface area contributed by atoms with Crippen molar-refractivity contribution in [3.05, 3.63) is 119 Å². The van der Waals surface area contributed by atoms with E-state index in [2.05, 4.69) is 77.6 Å². The van der Waals surface area contributed by atoms with Gasteiger partial charge in [-0.05, 0) is 65.9 Å². The molecule has 160 valence electrons. The molecule has 4 aromatic rings. The van der Waals surface area contributed by atoms with Crippen LogP contribution in [0.5, 0.6) is 0 Å². The Morgan fingerprint density at radius 3 is 2.56 bits per heavy atom. The van der Waals surface area contributed by atoms with E-state index in [4.69, 9.17) is 0 Å². The molecule has 0 saturated carbocycles. The van der Waals surface area contributed by atoms with Crippen molar-refractivity contribution in [1.82, 2.24) is 9.47 Å². The fourth-order valence-corrected chi connectivity index (χ4v) is 4.54. The molecule has 1 unspecified atom stereocenters. The molecule has 0 fully saturated rings. The van der Waals surface area contributed by atoms with Gasteiger partial charge in [0, 0.05) is 17.6 Å². The number of hydrogen-bond donors (Lipinski definition) is 1. The molecule has 1 N–H and O–H groups in total. The van der Waals surface area contributed by atoms with Gasteiger partial charge in [-0.1, -0.05) is 61.5 Å². The minimum Gasteiger partial charge on any atom is -0.318 e. The quantitative estimate of drug-likeness (QED) is 0.404. The van der Waals surface area contributed by atoms with Crippen LogP contribution in [-0.4, -0.2) is 15.5 Å². The topological polar surface area (TPSA) is 37.3 Å². The van der Waals surface area contributed by atoms with Gasteiger partial charge in [-0.3, -0.25) is 0 Å². The summed E-state index contributed by atoms with van der Waals surface area (Å²) >= 11 is 0. The number of amides is 2. The number of anilines is 1. The Balaban J connectivity index is 1.62. The van der Waals surface area contributed by atoms with Crippen molar-refractivity contribution in [2.24, 2.45) is 0 Å². The normalized spacial score (nSPS) is 14.9. The summed E-state index contributed by atoms with van der Waals surface area (Å²) in [6.45, 7) is 4.71. The minimum atomic E-state index is -0.201. The van der Waals surface area contributed by atoms with Crippen LogP contribution in [0.3, 0.4) is 0 Å². The summed E-state index contributed by atoms with van der Waals surface area (Å²) in [7, 11) is 0. The van der Waals surface area contributed by atoms with Crippen molar-refractivity contribution in [1.29, 1.82) is 0 Å². The molecule has 4 nitrogen and oxygen atoms in total. The number of nitrogens with one attached hydrogen (secondary N) is 1. The van der Waals surface area contributed by atoms with E-state index in [0.29, 0.717) is 6.54 Å². The highest BCUT2D eigenvalue weighted by atomic mass is 16.2. The van der Waals surface area contributed by atoms with Crippen LogP contribution < -0.4 is 5.32 Å². The summed E-state index contributed by atoms with van der Waals surface area (Å²) in [5, 5.41) is 3.13. The first-order chi connectivity index (χ1) is 15.6. The Labute approximate surface area is 189 Å². The molecule has 1 aliphatic rings. The zero-order valence-electron chi connectivity index (χ0n) is 18.5. The number of aromatic nitrogens is 1. The van der Waals surface area contributed by atoms with Crippen LogP contribution in [0.2, 0.25) is 0 Å². The second-order valence-electron chi connectivity index (χ2n) is 8.36. The van der Waals surface area contributed by atoms with E-state index in [1.54, 1.807) is 0 Å². The first kappa shape index (κ1) is 20.1.